The Morgan fingerprint density at radius 3 is 2.81 bits per heavy atom. The largest absolute Gasteiger partial charge is 0.482 e. The number of hydrogen-bond donors (Lipinski definition) is 2. The minimum absolute atomic E-state index is 0.0101. The predicted molar refractivity (Wildman–Crippen MR) is 83.8 cm³/mol. The number of ether oxygens (including phenoxy) is 1. The summed E-state index contributed by atoms with van der Waals surface area (Å²) >= 11 is 9.35. The van der Waals surface area contributed by atoms with Crippen molar-refractivity contribution in [2.45, 2.75) is 6.10 Å². The third-order valence-electron chi connectivity index (χ3n) is 3.15. The zero-order valence-corrected chi connectivity index (χ0v) is 13.1. The second-order valence-electron chi connectivity index (χ2n) is 4.70. The van der Waals surface area contributed by atoms with E-state index in [0.29, 0.717) is 27.6 Å². The molecule has 21 heavy (non-hydrogen) atoms. The van der Waals surface area contributed by atoms with Gasteiger partial charge in [-0.05, 0) is 41.5 Å². The molecule has 1 aliphatic heterocycles. The third-order valence-corrected chi connectivity index (χ3v) is 3.83. The van der Waals surface area contributed by atoms with Crippen LogP contribution in [-0.2, 0) is 4.79 Å². The Kier molecular flexibility index (Phi) is 3.89. The monoisotopic (exact) mass is 367 g/mol. The Morgan fingerprint density at radius 2 is 2.05 bits per heavy atom. The van der Waals surface area contributed by atoms with Gasteiger partial charge in [0.05, 0.1) is 5.69 Å². The molecule has 0 fully saturated rings. The molecule has 1 unspecified atom stereocenters. The summed E-state index contributed by atoms with van der Waals surface area (Å²) in [6.07, 6.45) is -0.843. The van der Waals surface area contributed by atoms with Gasteiger partial charge in [0, 0.05) is 9.50 Å². The SMILES string of the molecule is O=C1COc2ccc(C(O)c3cc(Cl)cc(Br)c3)cc2N1. The van der Waals surface area contributed by atoms with Crippen LogP contribution in [0.1, 0.15) is 17.2 Å². The number of rotatable bonds is 2. The first-order valence-electron chi connectivity index (χ1n) is 6.23. The van der Waals surface area contributed by atoms with E-state index in [4.69, 9.17) is 16.3 Å². The lowest BCUT2D eigenvalue weighted by Crippen LogP contribution is -2.25. The molecule has 0 spiro atoms. The van der Waals surface area contributed by atoms with Crippen LogP contribution < -0.4 is 10.1 Å². The number of carbonyl (C=O) groups excluding carboxylic acids is 1. The topological polar surface area (TPSA) is 58.6 Å². The van der Waals surface area contributed by atoms with Crippen molar-refractivity contribution in [3.05, 3.63) is 57.0 Å². The van der Waals surface area contributed by atoms with Crippen molar-refractivity contribution in [3.8, 4) is 5.75 Å². The molecule has 0 aliphatic carbocycles. The highest BCUT2D eigenvalue weighted by Crippen LogP contribution is 2.34. The lowest BCUT2D eigenvalue weighted by atomic mass is 10.0. The van der Waals surface area contributed by atoms with E-state index < -0.39 is 6.10 Å². The van der Waals surface area contributed by atoms with Gasteiger partial charge in [-0.15, -0.1) is 0 Å². The fraction of sp³-hybridized carbons (Fsp3) is 0.133. The Hall–Kier alpha value is -1.56. The average Bonchev–Trinajstić information content (AvgIpc) is 2.44. The summed E-state index contributed by atoms with van der Waals surface area (Å²) < 4.78 is 6.08. The van der Waals surface area contributed by atoms with Gasteiger partial charge in [0.1, 0.15) is 11.9 Å². The van der Waals surface area contributed by atoms with Crippen molar-refractivity contribution in [2.24, 2.45) is 0 Å². The molecule has 0 aromatic heterocycles. The number of hydrogen-bond acceptors (Lipinski definition) is 3. The first-order chi connectivity index (χ1) is 10.0. The normalized spacial score (nSPS) is 14.9. The van der Waals surface area contributed by atoms with Gasteiger partial charge in [-0.3, -0.25) is 4.79 Å². The van der Waals surface area contributed by atoms with Crippen LogP contribution in [0.2, 0.25) is 5.02 Å². The maximum absolute atomic E-state index is 11.3. The van der Waals surface area contributed by atoms with E-state index >= 15 is 0 Å². The van der Waals surface area contributed by atoms with Gasteiger partial charge in [0.2, 0.25) is 0 Å². The van der Waals surface area contributed by atoms with E-state index in [1.807, 2.05) is 0 Å². The summed E-state index contributed by atoms with van der Waals surface area (Å²) in [6.45, 7) is 0.0101. The van der Waals surface area contributed by atoms with Crippen LogP contribution >= 0.6 is 27.5 Å². The lowest BCUT2D eigenvalue weighted by molar-refractivity contribution is -0.118. The van der Waals surface area contributed by atoms with Gasteiger partial charge < -0.3 is 15.2 Å². The lowest BCUT2D eigenvalue weighted by Gasteiger charge is -2.20. The molecule has 3 rings (SSSR count). The molecule has 0 radical (unpaired) electrons. The van der Waals surface area contributed by atoms with Crippen molar-refractivity contribution in [1.29, 1.82) is 0 Å². The molecule has 0 saturated carbocycles. The highest BCUT2D eigenvalue weighted by molar-refractivity contribution is 9.10. The minimum Gasteiger partial charge on any atom is -0.482 e. The van der Waals surface area contributed by atoms with Crippen LogP contribution in [0.3, 0.4) is 0 Å². The zero-order valence-electron chi connectivity index (χ0n) is 10.8. The second kappa shape index (κ2) is 5.67. The minimum atomic E-state index is -0.843. The zero-order chi connectivity index (χ0) is 15.0. The van der Waals surface area contributed by atoms with E-state index in [-0.39, 0.29) is 12.5 Å². The van der Waals surface area contributed by atoms with Crippen molar-refractivity contribution >= 4 is 39.1 Å². The molecule has 1 aliphatic rings. The fourth-order valence-corrected chi connectivity index (χ4v) is 3.08. The van der Waals surface area contributed by atoms with E-state index in [0.717, 1.165) is 4.47 Å². The molecule has 2 N–H and O–H groups in total. The first kappa shape index (κ1) is 14.4. The fourth-order valence-electron chi connectivity index (χ4n) is 2.20. The Balaban J connectivity index is 1.96. The predicted octanol–water partition coefficient (Wildman–Crippen LogP) is 3.52. The van der Waals surface area contributed by atoms with Crippen molar-refractivity contribution in [3.63, 3.8) is 0 Å². The molecule has 2 aromatic rings. The number of amides is 1. The van der Waals surface area contributed by atoms with Gasteiger partial charge >= 0.3 is 0 Å². The van der Waals surface area contributed by atoms with Crippen molar-refractivity contribution in [1.82, 2.24) is 0 Å². The summed E-state index contributed by atoms with van der Waals surface area (Å²) in [5, 5.41) is 13.7. The van der Waals surface area contributed by atoms with Gasteiger partial charge in [-0.25, -0.2) is 0 Å². The highest BCUT2D eigenvalue weighted by atomic mass is 79.9. The maximum Gasteiger partial charge on any atom is 0.262 e. The standard InChI is InChI=1S/C15H11BrClNO3/c16-10-3-9(4-11(17)6-10)15(20)8-1-2-13-12(5-8)18-14(19)7-21-13/h1-6,15,20H,7H2,(H,18,19). The molecule has 0 bridgehead atoms. The summed E-state index contributed by atoms with van der Waals surface area (Å²) in [7, 11) is 0. The van der Waals surface area contributed by atoms with Crippen LogP contribution in [0, 0.1) is 0 Å². The number of fused-ring (bicyclic) bond motifs is 1. The van der Waals surface area contributed by atoms with E-state index in [1.165, 1.54) is 0 Å². The summed E-state index contributed by atoms with van der Waals surface area (Å²) in [5.41, 5.74) is 1.87. The van der Waals surface area contributed by atoms with Gasteiger partial charge in [-0.2, -0.15) is 0 Å². The van der Waals surface area contributed by atoms with Crippen LogP contribution in [0.4, 0.5) is 5.69 Å². The van der Waals surface area contributed by atoms with Gasteiger partial charge in [0.15, 0.2) is 6.61 Å². The number of nitrogens with one attached hydrogen (secondary N) is 1. The van der Waals surface area contributed by atoms with Crippen LogP contribution in [-0.4, -0.2) is 17.6 Å². The number of carbonyl (C=O) groups is 1. The summed E-state index contributed by atoms with van der Waals surface area (Å²) in [6, 6.07) is 10.4. The van der Waals surface area contributed by atoms with Crippen LogP contribution in [0.15, 0.2) is 40.9 Å². The number of halogens is 2. The highest BCUT2D eigenvalue weighted by Gasteiger charge is 2.19. The average molecular weight is 369 g/mol. The molecular formula is C15H11BrClNO3. The molecule has 108 valence electrons. The Morgan fingerprint density at radius 1 is 1.24 bits per heavy atom. The molecule has 1 amide bonds. The Bertz CT molecular complexity index is 700. The van der Waals surface area contributed by atoms with Crippen LogP contribution in [0.25, 0.3) is 0 Å². The molecular weight excluding hydrogens is 358 g/mol. The van der Waals surface area contributed by atoms with E-state index in [2.05, 4.69) is 21.2 Å². The van der Waals surface area contributed by atoms with Gasteiger partial charge in [0.25, 0.3) is 5.91 Å². The molecule has 4 nitrogen and oxygen atoms in total. The summed E-state index contributed by atoms with van der Waals surface area (Å²) in [4.78, 5) is 11.3. The number of benzene rings is 2. The van der Waals surface area contributed by atoms with Crippen molar-refractivity contribution < 1.29 is 14.6 Å². The maximum atomic E-state index is 11.3. The molecule has 1 heterocycles. The number of aliphatic hydroxyl groups is 1. The first-order valence-corrected chi connectivity index (χ1v) is 7.41. The number of aliphatic hydroxyl groups excluding tert-OH is 1. The molecule has 6 heteroatoms. The van der Waals surface area contributed by atoms with E-state index in [9.17, 15) is 9.90 Å². The smallest absolute Gasteiger partial charge is 0.262 e. The van der Waals surface area contributed by atoms with Gasteiger partial charge in [-0.1, -0.05) is 33.6 Å². The Labute approximate surface area is 134 Å². The quantitative estimate of drug-likeness (QED) is 0.853. The molecule has 0 saturated heterocycles. The number of anilines is 1. The third kappa shape index (κ3) is 3.05. The molecule has 1 atom stereocenters. The molecule has 2 aromatic carbocycles. The van der Waals surface area contributed by atoms with E-state index in [1.54, 1.807) is 36.4 Å². The second-order valence-corrected chi connectivity index (χ2v) is 6.05. The van der Waals surface area contributed by atoms with Crippen LogP contribution in [0.5, 0.6) is 5.75 Å². The van der Waals surface area contributed by atoms with Crippen molar-refractivity contribution in [2.75, 3.05) is 11.9 Å². The summed E-state index contributed by atoms with van der Waals surface area (Å²) in [5.74, 6) is 0.387.